The molecular formula is C15H22N2O2. The quantitative estimate of drug-likeness (QED) is 0.898. The van der Waals surface area contributed by atoms with Gasteiger partial charge in [-0.1, -0.05) is 17.7 Å². The molecule has 0 atom stereocenters. The molecule has 1 amide bonds. The average Bonchev–Trinajstić information content (AvgIpc) is 2.42. The zero-order valence-electron chi connectivity index (χ0n) is 11.5. The van der Waals surface area contributed by atoms with E-state index in [-0.39, 0.29) is 12.0 Å². The molecule has 1 aromatic carbocycles. The predicted molar refractivity (Wildman–Crippen MR) is 75.1 cm³/mol. The van der Waals surface area contributed by atoms with Crippen LogP contribution in [0.3, 0.4) is 0 Å². The number of piperidine rings is 1. The molecule has 0 bridgehead atoms. The number of nitrogens with two attached hydrogens (primary N) is 1. The Bertz CT molecular complexity index is 409. The van der Waals surface area contributed by atoms with Gasteiger partial charge in [-0.25, -0.2) is 0 Å². The molecule has 1 aliphatic heterocycles. The van der Waals surface area contributed by atoms with Gasteiger partial charge in [-0.3, -0.25) is 4.79 Å². The van der Waals surface area contributed by atoms with Crippen LogP contribution in [-0.4, -0.2) is 36.5 Å². The Kier molecular flexibility index (Phi) is 4.80. The molecule has 1 saturated heterocycles. The summed E-state index contributed by atoms with van der Waals surface area (Å²) < 4.78 is 5.94. The highest BCUT2D eigenvalue weighted by molar-refractivity contribution is 5.76. The first-order chi connectivity index (χ1) is 9.19. The second-order valence-electron chi connectivity index (χ2n) is 5.05. The number of benzene rings is 1. The van der Waals surface area contributed by atoms with Crippen LogP contribution in [-0.2, 0) is 4.79 Å². The van der Waals surface area contributed by atoms with Gasteiger partial charge in [0.2, 0.25) is 5.91 Å². The molecule has 4 heteroatoms. The predicted octanol–water partition coefficient (Wildman–Crippen LogP) is 1.71. The first kappa shape index (κ1) is 13.9. The van der Waals surface area contributed by atoms with Gasteiger partial charge in [0, 0.05) is 38.9 Å². The Hall–Kier alpha value is -1.55. The van der Waals surface area contributed by atoms with Crippen LogP contribution >= 0.6 is 0 Å². The smallest absolute Gasteiger partial charge is 0.223 e. The van der Waals surface area contributed by atoms with Crippen LogP contribution in [0.15, 0.2) is 24.3 Å². The molecule has 1 fully saturated rings. The molecular weight excluding hydrogens is 240 g/mol. The van der Waals surface area contributed by atoms with E-state index in [4.69, 9.17) is 10.5 Å². The summed E-state index contributed by atoms with van der Waals surface area (Å²) in [6.07, 6.45) is 2.45. The molecule has 19 heavy (non-hydrogen) atoms. The van der Waals surface area contributed by atoms with Crippen molar-refractivity contribution in [2.24, 2.45) is 5.73 Å². The van der Waals surface area contributed by atoms with Crippen molar-refractivity contribution >= 4 is 5.91 Å². The number of amides is 1. The van der Waals surface area contributed by atoms with Crippen molar-refractivity contribution in [2.75, 3.05) is 19.6 Å². The highest BCUT2D eigenvalue weighted by atomic mass is 16.5. The van der Waals surface area contributed by atoms with E-state index in [0.717, 1.165) is 31.7 Å². The van der Waals surface area contributed by atoms with Crippen molar-refractivity contribution in [1.29, 1.82) is 0 Å². The van der Waals surface area contributed by atoms with Gasteiger partial charge in [-0.2, -0.15) is 0 Å². The zero-order valence-corrected chi connectivity index (χ0v) is 11.5. The van der Waals surface area contributed by atoms with Gasteiger partial charge < -0.3 is 15.4 Å². The molecule has 0 aliphatic carbocycles. The molecule has 1 aromatic rings. The standard InChI is InChI=1S/C15H22N2O2/c1-12-2-4-13(5-3-12)19-14-7-10-17(11-8-14)15(18)6-9-16/h2-5,14H,6-11,16H2,1H3. The molecule has 0 spiro atoms. The van der Waals surface area contributed by atoms with E-state index in [2.05, 4.69) is 19.1 Å². The lowest BCUT2D eigenvalue weighted by molar-refractivity contribution is -0.132. The summed E-state index contributed by atoms with van der Waals surface area (Å²) >= 11 is 0. The third-order valence-electron chi connectivity index (χ3n) is 3.48. The van der Waals surface area contributed by atoms with Crippen LogP contribution in [0.4, 0.5) is 0 Å². The summed E-state index contributed by atoms with van der Waals surface area (Å²) in [4.78, 5) is 13.6. The lowest BCUT2D eigenvalue weighted by Crippen LogP contribution is -2.42. The van der Waals surface area contributed by atoms with Crippen LogP contribution in [0.25, 0.3) is 0 Å². The SMILES string of the molecule is Cc1ccc(OC2CCN(C(=O)CCN)CC2)cc1. The maximum atomic E-state index is 11.7. The van der Waals surface area contributed by atoms with Gasteiger partial charge in [0.1, 0.15) is 11.9 Å². The van der Waals surface area contributed by atoms with Gasteiger partial charge in [-0.15, -0.1) is 0 Å². The molecule has 0 saturated carbocycles. The zero-order chi connectivity index (χ0) is 13.7. The van der Waals surface area contributed by atoms with E-state index in [1.807, 2.05) is 17.0 Å². The van der Waals surface area contributed by atoms with Gasteiger partial charge in [0.05, 0.1) is 0 Å². The summed E-state index contributed by atoms with van der Waals surface area (Å²) in [7, 11) is 0. The fourth-order valence-corrected chi connectivity index (χ4v) is 2.31. The molecule has 1 aliphatic rings. The Labute approximate surface area is 114 Å². The Morgan fingerprint density at radius 1 is 1.32 bits per heavy atom. The van der Waals surface area contributed by atoms with Crippen molar-refractivity contribution in [2.45, 2.75) is 32.3 Å². The van der Waals surface area contributed by atoms with Crippen molar-refractivity contribution in [1.82, 2.24) is 4.90 Å². The number of hydrogen-bond acceptors (Lipinski definition) is 3. The van der Waals surface area contributed by atoms with E-state index in [1.54, 1.807) is 0 Å². The van der Waals surface area contributed by atoms with Crippen LogP contribution in [0.5, 0.6) is 5.75 Å². The Morgan fingerprint density at radius 2 is 1.95 bits per heavy atom. The molecule has 0 radical (unpaired) electrons. The van der Waals surface area contributed by atoms with Crippen LogP contribution in [0.1, 0.15) is 24.8 Å². The van der Waals surface area contributed by atoms with Crippen LogP contribution in [0.2, 0.25) is 0 Å². The number of likely N-dealkylation sites (tertiary alicyclic amines) is 1. The summed E-state index contributed by atoms with van der Waals surface area (Å²) in [5.41, 5.74) is 6.64. The number of carbonyl (C=O) groups is 1. The number of nitrogens with zero attached hydrogens (tertiary/aromatic N) is 1. The third-order valence-corrected chi connectivity index (χ3v) is 3.48. The Balaban J connectivity index is 1.80. The number of aryl methyl sites for hydroxylation is 1. The lowest BCUT2D eigenvalue weighted by Gasteiger charge is -2.32. The molecule has 104 valence electrons. The third kappa shape index (κ3) is 3.96. The maximum Gasteiger partial charge on any atom is 0.223 e. The van der Waals surface area contributed by atoms with Gasteiger partial charge >= 0.3 is 0 Å². The molecule has 0 aromatic heterocycles. The Morgan fingerprint density at radius 3 is 2.53 bits per heavy atom. The second kappa shape index (κ2) is 6.57. The van der Waals surface area contributed by atoms with Gasteiger partial charge in [0.25, 0.3) is 0 Å². The summed E-state index contributed by atoms with van der Waals surface area (Å²) in [6.45, 7) is 4.04. The number of rotatable bonds is 4. The highest BCUT2D eigenvalue weighted by Crippen LogP contribution is 2.19. The monoisotopic (exact) mass is 262 g/mol. The average molecular weight is 262 g/mol. The minimum atomic E-state index is 0.163. The van der Waals surface area contributed by atoms with Crippen molar-refractivity contribution in [3.63, 3.8) is 0 Å². The summed E-state index contributed by atoms with van der Waals surface area (Å²) in [5.74, 6) is 1.08. The first-order valence-electron chi connectivity index (χ1n) is 6.90. The van der Waals surface area contributed by atoms with Crippen molar-refractivity contribution in [3.8, 4) is 5.75 Å². The molecule has 0 unspecified atom stereocenters. The second-order valence-corrected chi connectivity index (χ2v) is 5.05. The minimum Gasteiger partial charge on any atom is -0.490 e. The van der Waals surface area contributed by atoms with Crippen LogP contribution < -0.4 is 10.5 Å². The van der Waals surface area contributed by atoms with E-state index in [1.165, 1.54) is 5.56 Å². The lowest BCUT2D eigenvalue weighted by atomic mass is 10.1. The van der Waals surface area contributed by atoms with Gasteiger partial charge in [0.15, 0.2) is 0 Å². The number of ether oxygens (including phenoxy) is 1. The van der Waals surface area contributed by atoms with Crippen LogP contribution in [0, 0.1) is 6.92 Å². The number of hydrogen-bond donors (Lipinski definition) is 1. The van der Waals surface area contributed by atoms with E-state index in [0.29, 0.717) is 13.0 Å². The largest absolute Gasteiger partial charge is 0.490 e. The van der Waals surface area contributed by atoms with Crippen molar-refractivity contribution in [3.05, 3.63) is 29.8 Å². The fourth-order valence-electron chi connectivity index (χ4n) is 2.31. The summed E-state index contributed by atoms with van der Waals surface area (Å²) in [6, 6.07) is 8.10. The van der Waals surface area contributed by atoms with Gasteiger partial charge in [-0.05, 0) is 19.1 Å². The first-order valence-corrected chi connectivity index (χ1v) is 6.90. The topological polar surface area (TPSA) is 55.6 Å². The maximum absolute atomic E-state index is 11.7. The molecule has 4 nitrogen and oxygen atoms in total. The minimum absolute atomic E-state index is 0.163. The molecule has 1 heterocycles. The normalized spacial score (nSPS) is 16.4. The fraction of sp³-hybridized carbons (Fsp3) is 0.533. The van der Waals surface area contributed by atoms with E-state index < -0.39 is 0 Å². The van der Waals surface area contributed by atoms with E-state index >= 15 is 0 Å². The summed E-state index contributed by atoms with van der Waals surface area (Å²) in [5, 5.41) is 0. The number of carbonyl (C=O) groups excluding carboxylic acids is 1. The van der Waals surface area contributed by atoms with Crippen molar-refractivity contribution < 1.29 is 9.53 Å². The molecule has 2 N–H and O–H groups in total. The highest BCUT2D eigenvalue weighted by Gasteiger charge is 2.23. The molecule has 2 rings (SSSR count). The van der Waals surface area contributed by atoms with E-state index in [9.17, 15) is 4.79 Å².